The molecule has 1 aliphatic rings. The Kier molecular flexibility index (Phi) is 5.09. The Morgan fingerprint density at radius 3 is 2.89 bits per heavy atom. The Morgan fingerprint density at radius 2 is 2.11 bits per heavy atom. The number of Topliss-reactive ketones (excluding diaryl/α,β-unsaturated/α-hetero) is 1. The minimum absolute atomic E-state index is 0.0226. The largest absolute Gasteiger partial charge is 0.495 e. The van der Waals surface area contributed by atoms with Crippen molar-refractivity contribution in [2.75, 3.05) is 12.4 Å². The zero-order valence-corrected chi connectivity index (χ0v) is 16.3. The van der Waals surface area contributed by atoms with Gasteiger partial charge in [0.1, 0.15) is 15.5 Å². The van der Waals surface area contributed by atoms with Crippen molar-refractivity contribution in [3.63, 3.8) is 0 Å². The number of carbonyl (C=O) groups excluding carboxylic acids is 2. The highest BCUT2D eigenvalue weighted by Gasteiger charge is 2.27. The van der Waals surface area contributed by atoms with Crippen molar-refractivity contribution in [2.45, 2.75) is 31.8 Å². The van der Waals surface area contributed by atoms with Crippen molar-refractivity contribution in [3.05, 3.63) is 35.2 Å². The van der Waals surface area contributed by atoms with Crippen molar-refractivity contribution < 1.29 is 19.1 Å². The number of thiophene rings is 1. The summed E-state index contributed by atoms with van der Waals surface area (Å²) in [6, 6.07) is 9.39. The maximum absolute atomic E-state index is 12.4. The van der Waals surface area contributed by atoms with Gasteiger partial charge in [0.25, 0.3) is 0 Å². The number of aromatic nitrogens is 1. The minimum atomic E-state index is -0.595. The fourth-order valence-electron chi connectivity index (χ4n) is 3.01. The van der Waals surface area contributed by atoms with Crippen LogP contribution in [-0.2, 0) is 9.53 Å². The van der Waals surface area contributed by atoms with Crippen LogP contribution in [0.3, 0.4) is 0 Å². The first-order valence-corrected chi connectivity index (χ1v) is 10.3. The summed E-state index contributed by atoms with van der Waals surface area (Å²) in [5, 5.41) is 3.97. The highest BCUT2D eigenvalue weighted by molar-refractivity contribution is 7.29. The van der Waals surface area contributed by atoms with Gasteiger partial charge in [0.05, 0.1) is 17.5 Å². The molecule has 1 N–H and O–H groups in total. The maximum Gasteiger partial charge on any atom is 0.349 e. The van der Waals surface area contributed by atoms with Crippen LogP contribution in [-0.4, -0.2) is 30.0 Å². The number of carbonyl (C=O) groups is 2. The Hall–Kier alpha value is -2.45. The van der Waals surface area contributed by atoms with Gasteiger partial charge >= 0.3 is 5.97 Å². The molecule has 0 spiro atoms. The Balaban J connectivity index is 1.48. The zero-order chi connectivity index (χ0) is 18.8. The molecule has 0 saturated heterocycles. The van der Waals surface area contributed by atoms with Gasteiger partial charge in [0, 0.05) is 6.42 Å². The molecule has 0 bridgehead atoms. The van der Waals surface area contributed by atoms with Crippen LogP contribution in [0.5, 0.6) is 5.75 Å². The molecule has 6 nitrogen and oxygen atoms in total. The fourth-order valence-corrected chi connectivity index (χ4v) is 5.03. The molecule has 3 aromatic rings. The third kappa shape index (κ3) is 3.81. The van der Waals surface area contributed by atoms with Crippen molar-refractivity contribution in [3.8, 4) is 5.75 Å². The van der Waals surface area contributed by atoms with Gasteiger partial charge in [-0.25, -0.2) is 9.78 Å². The summed E-state index contributed by atoms with van der Waals surface area (Å²) in [6.07, 6.45) is 2.32. The first-order valence-electron chi connectivity index (χ1n) is 8.68. The van der Waals surface area contributed by atoms with Gasteiger partial charge < -0.3 is 14.8 Å². The lowest BCUT2D eigenvalue weighted by Gasteiger charge is -2.20. The number of hydrogen-bond donors (Lipinski definition) is 1. The lowest BCUT2D eigenvalue weighted by atomic mass is 9.96. The first kappa shape index (κ1) is 17.9. The molecule has 4 rings (SSSR count). The zero-order valence-electron chi connectivity index (χ0n) is 14.7. The lowest BCUT2D eigenvalue weighted by molar-refractivity contribution is -0.129. The van der Waals surface area contributed by atoms with Gasteiger partial charge in [0.15, 0.2) is 17.0 Å². The fraction of sp³-hybridized carbons (Fsp3) is 0.316. The number of methoxy groups -OCH3 is 1. The number of esters is 1. The first-order chi connectivity index (χ1) is 13.1. The molecular weight excluding hydrogens is 384 g/mol. The number of anilines is 2. The van der Waals surface area contributed by atoms with E-state index in [2.05, 4.69) is 10.3 Å². The summed E-state index contributed by atoms with van der Waals surface area (Å²) >= 11 is 2.73. The number of ketones is 1. The number of nitrogens with zero attached hydrogens (tertiary/aromatic N) is 1. The van der Waals surface area contributed by atoms with E-state index in [1.54, 1.807) is 13.2 Å². The molecule has 1 aromatic carbocycles. The summed E-state index contributed by atoms with van der Waals surface area (Å²) in [5.41, 5.74) is 0.830. The third-order valence-corrected chi connectivity index (χ3v) is 6.44. The van der Waals surface area contributed by atoms with E-state index in [0.29, 0.717) is 17.7 Å². The van der Waals surface area contributed by atoms with Crippen LogP contribution in [0.2, 0.25) is 0 Å². The van der Waals surface area contributed by atoms with Crippen molar-refractivity contribution in [1.29, 1.82) is 0 Å². The number of para-hydroxylation sites is 2. The summed E-state index contributed by atoms with van der Waals surface area (Å²) < 4.78 is 11.6. The van der Waals surface area contributed by atoms with Crippen LogP contribution in [0.25, 0.3) is 9.53 Å². The SMILES string of the molecule is COc1ccccc1Nc1nc2sc(C(=O)O[C@H]3CCCCC3=O)cc2s1. The monoisotopic (exact) mass is 402 g/mol. The molecule has 0 amide bonds. The summed E-state index contributed by atoms with van der Waals surface area (Å²) in [4.78, 5) is 30.0. The summed E-state index contributed by atoms with van der Waals surface area (Å²) in [5.74, 6) is 0.316. The molecular formula is C19H18N2O4S2. The summed E-state index contributed by atoms with van der Waals surface area (Å²) in [7, 11) is 1.62. The second kappa shape index (κ2) is 7.66. The van der Waals surface area contributed by atoms with Gasteiger partial charge in [-0.15, -0.1) is 11.3 Å². The number of rotatable bonds is 5. The number of thiazole rings is 1. The molecule has 1 fully saturated rings. The van der Waals surface area contributed by atoms with E-state index in [1.165, 1.54) is 22.7 Å². The van der Waals surface area contributed by atoms with Gasteiger partial charge in [-0.2, -0.15) is 0 Å². The number of benzene rings is 1. The Labute approximate surface area is 164 Å². The van der Waals surface area contributed by atoms with Crippen molar-refractivity contribution in [1.82, 2.24) is 4.98 Å². The van der Waals surface area contributed by atoms with E-state index >= 15 is 0 Å². The normalized spacial score (nSPS) is 17.1. The van der Waals surface area contributed by atoms with E-state index in [-0.39, 0.29) is 5.78 Å². The van der Waals surface area contributed by atoms with E-state index in [9.17, 15) is 9.59 Å². The van der Waals surface area contributed by atoms with Gasteiger partial charge in [-0.1, -0.05) is 23.5 Å². The molecule has 0 aliphatic heterocycles. The minimum Gasteiger partial charge on any atom is -0.495 e. The average Bonchev–Trinajstić information content (AvgIpc) is 3.23. The molecule has 1 saturated carbocycles. The number of ether oxygens (including phenoxy) is 2. The summed E-state index contributed by atoms with van der Waals surface area (Å²) in [6.45, 7) is 0. The average molecular weight is 402 g/mol. The molecule has 2 heterocycles. The number of nitrogens with one attached hydrogen (secondary N) is 1. The van der Waals surface area contributed by atoms with Gasteiger partial charge in [-0.05, 0) is 37.5 Å². The van der Waals surface area contributed by atoms with E-state index < -0.39 is 12.1 Å². The smallest absolute Gasteiger partial charge is 0.349 e. The van der Waals surface area contributed by atoms with Gasteiger partial charge in [-0.3, -0.25) is 4.79 Å². The highest BCUT2D eigenvalue weighted by Crippen LogP contribution is 2.36. The molecule has 0 unspecified atom stereocenters. The molecule has 1 atom stereocenters. The predicted molar refractivity (Wildman–Crippen MR) is 106 cm³/mol. The van der Waals surface area contributed by atoms with Crippen LogP contribution >= 0.6 is 22.7 Å². The van der Waals surface area contributed by atoms with E-state index in [4.69, 9.17) is 9.47 Å². The second-order valence-electron chi connectivity index (χ2n) is 6.23. The van der Waals surface area contributed by atoms with Crippen LogP contribution in [0.4, 0.5) is 10.8 Å². The van der Waals surface area contributed by atoms with Crippen LogP contribution < -0.4 is 10.1 Å². The lowest BCUT2D eigenvalue weighted by Crippen LogP contribution is -2.29. The van der Waals surface area contributed by atoms with E-state index in [0.717, 1.165) is 38.9 Å². The topological polar surface area (TPSA) is 77.5 Å². The number of hydrogen-bond acceptors (Lipinski definition) is 8. The van der Waals surface area contributed by atoms with Crippen LogP contribution in [0.15, 0.2) is 30.3 Å². The van der Waals surface area contributed by atoms with Crippen LogP contribution in [0, 0.1) is 0 Å². The Morgan fingerprint density at radius 1 is 1.26 bits per heavy atom. The van der Waals surface area contributed by atoms with Crippen LogP contribution in [0.1, 0.15) is 35.4 Å². The highest BCUT2D eigenvalue weighted by atomic mass is 32.1. The van der Waals surface area contributed by atoms with Crippen molar-refractivity contribution >= 4 is 54.8 Å². The molecule has 27 heavy (non-hydrogen) atoms. The molecule has 140 valence electrons. The quantitative estimate of drug-likeness (QED) is 0.619. The molecule has 1 aliphatic carbocycles. The van der Waals surface area contributed by atoms with E-state index in [1.807, 2.05) is 24.3 Å². The number of fused-ring (bicyclic) bond motifs is 1. The predicted octanol–water partition coefficient (Wildman–Crippen LogP) is 4.78. The molecule has 8 heteroatoms. The molecule has 2 aromatic heterocycles. The van der Waals surface area contributed by atoms with Gasteiger partial charge in [0.2, 0.25) is 0 Å². The second-order valence-corrected chi connectivity index (χ2v) is 8.29. The maximum atomic E-state index is 12.4. The standard InChI is InChI=1S/C19H18N2O4S2/c1-24-13-8-4-2-6-11(13)20-19-21-17-15(27-19)10-16(26-17)18(23)25-14-9-5-3-7-12(14)22/h2,4,6,8,10,14H,3,5,7,9H2,1H3,(H,20,21)/t14-/m0/s1. The Bertz CT molecular complexity index is 963. The van der Waals surface area contributed by atoms with Crippen molar-refractivity contribution in [2.24, 2.45) is 0 Å². The third-order valence-electron chi connectivity index (χ3n) is 4.39. The molecule has 0 radical (unpaired) electrons.